The Balaban J connectivity index is 2.26. The monoisotopic (exact) mass is 577 g/mol. The molecule has 0 aliphatic carbocycles. The summed E-state index contributed by atoms with van der Waals surface area (Å²) in [7, 11) is 0. The molecule has 0 radical (unpaired) electrons. The van der Waals surface area contributed by atoms with E-state index in [1.807, 2.05) is 13.8 Å². The van der Waals surface area contributed by atoms with Gasteiger partial charge in [-0.05, 0) is 49.3 Å². The maximum Gasteiger partial charge on any atom is 0.326 e. The van der Waals surface area contributed by atoms with E-state index in [1.54, 1.807) is 0 Å². The van der Waals surface area contributed by atoms with Crippen molar-refractivity contribution >= 4 is 35.6 Å². The van der Waals surface area contributed by atoms with Crippen molar-refractivity contribution in [3.8, 4) is 5.75 Å². The molecule has 226 valence electrons. The highest BCUT2D eigenvalue weighted by molar-refractivity contribution is 5.95. The van der Waals surface area contributed by atoms with Gasteiger partial charge in [-0.15, -0.1) is 0 Å². The van der Waals surface area contributed by atoms with Gasteiger partial charge in [-0.25, -0.2) is 4.79 Å². The predicted molar refractivity (Wildman–Crippen MR) is 145 cm³/mol. The second-order valence-electron chi connectivity index (χ2n) is 10.4. The van der Waals surface area contributed by atoms with E-state index in [0.717, 1.165) is 0 Å². The van der Waals surface area contributed by atoms with E-state index in [1.165, 1.54) is 29.2 Å². The number of aromatic hydroxyl groups is 1. The van der Waals surface area contributed by atoms with Gasteiger partial charge < -0.3 is 41.9 Å². The first-order valence-electron chi connectivity index (χ1n) is 13.5. The van der Waals surface area contributed by atoms with Crippen LogP contribution in [-0.4, -0.2) is 93.0 Å². The average molecular weight is 578 g/mol. The Hall–Kier alpha value is -4.20. The Labute approximate surface area is 237 Å². The van der Waals surface area contributed by atoms with Crippen molar-refractivity contribution in [2.45, 2.75) is 76.5 Å². The van der Waals surface area contributed by atoms with Crippen LogP contribution in [0, 0.1) is 5.92 Å². The van der Waals surface area contributed by atoms with Gasteiger partial charge in [-0.1, -0.05) is 26.0 Å². The summed E-state index contributed by atoms with van der Waals surface area (Å²) >= 11 is 0. The van der Waals surface area contributed by atoms with Gasteiger partial charge in [0.2, 0.25) is 23.6 Å². The maximum atomic E-state index is 13.5. The first kappa shape index (κ1) is 33.0. The molecule has 1 aromatic rings. The van der Waals surface area contributed by atoms with E-state index in [0.29, 0.717) is 24.8 Å². The van der Waals surface area contributed by atoms with E-state index in [2.05, 4.69) is 16.0 Å². The summed E-state index contributed by atoms with van der Waals surface area (Å²) in [6.45, 7) is 3.73. The molecule has 1 fully saturated rings. The lowest BCUT2D eigenvalue weighted by Gasteiger charge is -2.30. The number of nitrogens with two attached hydrogens (primary N) is 1. The van der Waals surface area contributed by atoms with Crippen LogP contribution in [0.5, 0.6) is 5.75 Å². The van der Waals surface area contributed by atoms with Gasteiger partial charge in [0.15, 0.2) is 0 Å². The lowest BCUT2D eigenvalue weighted by Crippen LogP contribution is -2.58. The second-order valence-corrected chi connectivity index (χ2v) is 10.4. The minimum atomic E-state index is -1.51. The van der Waals surface area contributed by atoms with Gasteiger partial charge in [-0.3, -0.25) is 24.0 Å². The number of benzene rings is 1. The number of carboxylic acid groups (broad SMARTS) is 2. The number of likely N-dealkylation sites (tertiary alicyclic amines) is 1. The highest BCUT2D eigenvalue weighted by Crippen LogP contribution is 2.21. The number of phenolic OH excluding ortho intramolecular Hbond substituents is 1. The summed E-state index contributed by atoms with van der Waals surface area (Å²) in [6, 6.07) is 1.23. The Bertz CT molecular complexity index is 1110. The van der Waals surface area contributed by atoms with Crippen molar-refractivity contribution in [2.24, 2.45) is 11.7 Å². The van der Waals surface area contributed by atoms with Crippen molar-refractivity contribution in [3.63, 3.8) is 0 Å². The number of nitrogens with one attached hydrogen (secondary N) is 3. The Morgan fingerprint density at radius 1 is 0.976 bits per heavy atom. The van der Waals surface area contributed by atoms with Gasteiger partial charge in [0.25, 0.3) is 0 Å². The third-order valence-corrected chi connectivity index (χ3v) is 6.63. The zero-order valence-electron chi connectivity index (χ0n) is 23.2. The summed E-state index contributed by atoms with van der Waals surface area (Å²) in [5.41, 5.74) is 5.95. The standard InChI is InChI=1S/C27H39N5O9/c1-15(2)12-20(29-22(34)14-28)26(39)32-11-3-4-21(32)25(38)31-19(13-16-5-7-17(33)8-6-16)24(37)30-18(27(40)41)9-10-23(35)36/h5-8,15,18-21,33H,3-4,9-14,28H2,1-2H3,(H,29,34)(H,30,37)(H,31,38)(H,35,36)(H,40,41)/t18-,19-,20-,21-/m0/s1. The smallest absolute Gasteiger partial charge is 0.326 e. The first-order chi connectivity index (χ1) is 19.3. The van der Waals surface area contributed by atoms with Crippen LogP contribution in [-0.2, 0) is 35.2 Å². The molecule has 0 spiro atoms. The molecular formula is C27H39N5O9. The van der Waals surface area contributed by atoms with E-state index in [-0.39, 0.29) is 37.6 Å². The highest BCUT2D eigenvalue weighted by atomic mass is 16.4. The molecule has 8 N–H and O–H groups in total. The van der Waals surface area contributed by atoms with E-state index < -0.39 is 66.2 Å². The number of carboxylic acids is 2. The number of carbonyl (C=O) groups is 6. The Morgan fingerprint density at radius 3 is 2.20 bits per heavy atom. The van der Waals surface area contributed by atoms with Crippen molar-refractivity contribution in [1.29, 1.82) is 0 Å². The molecule has 1 aliphatic heterocycles. The van der Waals surface area contributed by atoms with Gasteiger partial charge in [0, 0.05) is 19.4 Å². The van der Waals surface area contributed by atoms with Crippen LogP contribution in [0.1, 0.15) is 51.5 Å². The van der Waals surface area contributed by atoms with Crippen LogP contribution in [0.15, 0.2) is 24.3 Å². The van der Waals surface area contributed by atoms with Crippen LogP contribution in [0.2, 0.25) is 0 Å². The number of nitrogens with zero attached hydrogens (tertiary/aromatic N) is 1. The summed E-state index contributed by atoms with van der Waals surface area (Å²) in [5.74, 6) is -5.08. The number of rotatable bonds is 15. The van der Waals surface area contributed by atoms with Gasteiger partial charge in [-0.2, -0.15) is 0 Å². The molecule has 14 nitrogen and oxygen atoms in total. The number of amides is 4. The summed E-state index contributed by atoms with van der Waals surface area (Å²) in [6.07, 6.45) is 0.200. The SMILES string of the molecule is CC(C)C[C@H](NC(=O)CN)C(=O)N1CCC[C@H]1C(=O)N[C@@H](Cc1ccc(O)cc1)C(=O)N[C@@H](CCC(=O)O)C(=O)O. The van der Waals surface area contributed by atoms with Crippen LogP contribution in [0.25, 0.3) is 0 Å². The molecule has 2 rings (SSSR count). The van der Waals surface area contributed by atoms with Crippen molar-refractivity contribution < 1.29 is 44.1 Å². The Kier molecular flexibility index (Phi) is 12.5. The molecule has 1 aromatic carbocycles. The van der Waals surface area contributed by atoms with Crippen LogP contribution in [0.3, 0.4) is 0 Å². The van der Waals surface area contributed by atoms with Crippen LogP contribution in [0.4, 0.5) is 0 Å². The fourth-order valence-electron chi connectivity index (χ4n) is 4.59. The molecule has 4 atom stereocenters. The second kappa shape index (κ2) is 15.6. The number of hydrogen-bond donors (Lipinski definition) is 7. The van der Waals surface area contributed by atoms with Crippen molar-refractivity contribution in [2.75, 3.05) is 13.1 Å². The first-order valence-corrected chi connectivity index (χ1v) is 13.5. The molecule has 1 aliphatic rings. The quantitative estimate of drug-likeness (QED) is 0.139. The summed E-state index contributed by atoms with van der Waals surface area (Å²) in [4.78, 5) is 76.0. The summed E-state index contributed by atoms with van der Waals surface area (Å²) in [5, 5.41) is 35.5. The third-order valence-electron chi connectivity index (χ3n) is 6.63. The third kappa shape index (κ3) is 10.4. The highest BCUT2D eigenvalue weighted by Gasteiger charge is 2.39. The molecule has 14 heteroatoms. The molecular weight excluding hydrogens is 538 g/mol. The van der Waals surface area contributed by atoms with Gasteiger partial charge in [0.1, 0.15) is 29.9 Å². The van der Waals surface area contributed by atoms with Crippen LogP contribution < -0.4 is 21.7 Å². The number of phenols is 1. The number of aliphatic carboxylic acids is 2. The maximum absolute atomic E-state index is 13.5. The fourth-order valence-corrected chi connectivity index (χ4v) is 4.59. The predicted octanol–water partition coefficient (Wildman–Crippen LogP) is -0.666. The lowest BCUT2D eigenvalue weighted by molar-refractivity contribution is -0.144. The summed E-state index contributed by atoms with van der Waals surface area (Å²) < 4.78 is 0. The number of hydrogen-bond acceptors (Lipinski definition) is 8. The van der Waals surface area contributed by atoms with Crippen molar-refractivity contribution in [3.05, 3.63) is 29.8 Å². The van der Waals surface area contributed by atoms with Gasteiger partial charge >= 0.3 is 11.9 Å². The molecule has 0 aromatic heterocycles. The zero-order chi connectivity index (χ0) is 30.7. The number of carbonyl (C=O) groups excluding carboxylic acids is 4. The molecule has 41 heavy (non-hydrogen) atoms. The van der Waals surface area contributed by atoms with Gasteiger partial charge in [0.05, 0.1) is 6.54 Å². The molecule has 0 bridgehead atoms. The fraction of sp³-hybridized carbons (Fsp3) is 0.556. The molecule has 1 saturated heterocycles. The lowest BCUT2D eigenvalue weighted by atomic mass is 10.0. The van der Waals surface area contributed by atoms with E-state index in [9.17, 15) is 39.0 Å². The molecule has 1 heterocycles. The van der Waals surface area contributed by atoms with Crippen molar-refractivity contribution in [1.82, 2.24) is 20.9 Å². The topological polar surface area (TPSA) is 228 Å². The van der Waals surface area contributed by atoms with E-state index in [4.69, 9.17) is 10.8 Å². The minimum absolute atomic E-state index is 0.0174. The zero-order valence-corrected chi connectivity index (χ0v) is 23.2. The normalized spacial score (nSPS) is 16.9. The molecule has 0 saturated carbocycles. The Morgan fingerprint density at radius 2 is 1.63 bits per heavy atom. The molecule has 0 unspecified atom stereocenters. The average Bonchev–Trinajstić information content (AvgIpc) is 3.40. The van der Waals surface area contributed by atoms with E-state index >= 15 is 0 Å². The minimum Gasteiger partial charge on any atom is -0.508 e. The van der Waals surface area contributed by atoms with Crippen LogP contribution >= 0.6 is 0 Å². The largest absolute Gasteiger partial charge is 0.508 e. The molecule has 4 amide bonds.